The van der Waals surface area contributed by atoms with Crippen LogP contribution >= 0.6 is 12.4 Å². The van der Waals surface area contributed by atoms with E-state index in [1.165, 1.54) is 23.5 Å². The van der Waals surface area contributed by atoms with Gasteiger partial charge < -0.3 is 20.5 Å². The maximum Gasteiger partial charge on any atom is 0.255 e. The number of sulfonamides is 1. The highest BCUT2D eigenvalue weighted by atomic mass is 35.5. The number of morpholine rings is 1. The summed E-state index contributed by atoms with van der Waals surface area (Å²) in [4.78, 5) is 12.4. The highest BCUT2D eigenvalue weighted by molar-refractivity contribution is 7.89. The van der Waals surface area contributed by atoms with Crippen LogP contribution < -0.4 is 15.8 Å². The monoisotopic (exact) mass is 427 g/mol. The van der Waals surface area contributed by atoms with E-state index in [9.17, 15) is 13.2 Å². The maximum atomic E-state index is 13.0. The molecular formula is C18H22ClN3O5S. The molecule has 0 aliphatic carbocycles. The fourth-order valence-electron chi connectivity index (χ4n) is 2.72. The van der Waals surface area contributed by atoms with Gasteiger partial charge in [-0.1, -0.05) is 0 Å². The predicted molar refractivity (Wildman–Crippen MR) is 109 cm³/mol. The minimum absolute atomic E-state index is 0. The van der Waals surface area contributed by atoms with Crippen molar-refractivity contribution in [1.82, 2.24) is 4.31 Å². The van der Waals surface area contributed by atoms with Gasteiger partial charge in [-0.25, -0.2) is 8.42 Å². The van der Waals surface area contributed by atoms with Crippen LogP contribution in [0.15, 0.2) is 47.4 Å². The lowest BCUT2D eigenvalue weighted by molar-refractivity contribution is 0.0729. The third kappa shape index (κ3) is 4.74. The van der Waals surface area contributed by atoms with Gasteiger partial charge in [-0.2, -0.15) is 4.31 Å². The molecule has 0 spiro atoms. The number of nitrogens with two attached hydrogens (primary N) is 1. The molecule has 3 N–H and O–H groups in total. The smallest absolute Gasteiger partial charge is 0.255 e. The van der Waals surface area contributed by atoms with E-state index in [1.54, 1.807) is 30.3 Å². The summed E-state index contributed by atoms with van der Waals surface area (Å²) < 4.78 is 37.7. The van der Waals surface area contributed by atoms with Gasteiger partial charge in [0.15, 0.2) is 0 Å². The molecule has 1 aliphatic rings. The van der Waals surface area contributed by atoms with E-state index in [0.29, 0.717) is 30.2 Å². The van der Waals surface area contributed by atoms with Gasteiger partial charge in [-0.15, -0.1) is 12.4 Å². The summed E-state index contributed by atoms with van der Waals surface area (Å²) in [5.41, 5.74) is 6.94. The Morgan fingerprint density at radius 2 is 1.79 bits per heavy atom. The molecule has 8 nitrogen and oxygen atoms in total. The van der Waals surface area contributed by atoms with E-state index in [1.807, 2.05) is 0 Å². The number of hydrogen-bond donors (Lipinski definition) is 2. The van der Waals surface area contributed by atoms with Gasteiger partial charge in [0.1, 0.15) is 10.6 Å². The molecule has 28 heavy (non-hydrogen) atoms. The molecule has 0 aromatic heterocycles. The van der Waals surface area contributed by atoms with Crippen molar-refractivity contribution in [3.63, 3.8) is 0 Å². The number of hydrogen-bond acceptors (Lipinski definition) is 6. The summed E-state index contributed by atoms with van der Waals surface area (Å²) in [7, 11) is -2.37. The first-order valence-electron chi connectivity index (χ1n) is 8.34. The number of nitrogens with zero attached hydrogens (tertiary/aromatic N) is 1. The summed E-state index contributed by atoms with van der Waals surface area (Å²) in [5, 5.41) is 2.70. The van der Waals surface area contributed by atoms with Crippen LogP contribution in [0.4, 0.5) is 11.4 Å². The van der Waals surface area contributed by atoms with Crippen LogP contribution in [0.1, 0.15) is 10.4 Å². The molecule has 1 amide bonds. The van der Waals surface area contributed by atoms with Gasteiger partial charge in [0, 0.05) is 30.0 Å². The second-order valence-corrected chi connectivity index (χ2v) is 7.86. The van der Waals surface area contributed by atoms with Gasteiger partial charge >= 0.3 is 0 Å². The van der Waals surface area contributed by atoms with E-state index in [-0.39, 0.29) is 42.0 Å². The standard InChI is InChI=1S/C18H21N3O5S.ClH/c1-25-16-7-6-15(20-18(22)13-2-4-14(19)5-3-13)12-17(16)27(23,24)21-8-10-26-11-9-21;/h2-7,12H,8-11,19H2,1H3,(H,20,22);1H. The molecule has 0 atom stereocenters. The molecular weight excluding hydrogens is 406 g/mol. The van der Waals surface area contributed by atoms with Gasteiger partial charge in [-0.3, -0.25) is 4.79 Å². The molecule has 2 aromatic rings. The minimum atomic E-state index is -3.77. The first-order chi connectivity index (χ1) is 12.9. The van der Waals surface area contributed by atoms with E-state index >= 15 is 0 Å². The van der Waals surface area contributed by atoms with Crippen LogP contribution in [-0.2, 0) is 14.8 Å². The summed E-state index contributed by atoms with van der Waals surface area (Å²) in [6.45, 7) is 1.23. The molecule has 152 valence electrons. The van der Waals surface area contributed by atoms with Crippen molar-refractivity contribution in [2.45, 2.75) is 4.90 Å². The van der Waals surface area contributed by atoms with Gasteiger partial charge in [0.25, 0.3) is 5.91 Å². The molecule has 1 heterocycles. The molecule has 0 saturated carbocycles. The summed E-state index contributed by atoms with van der Waals surface area (Å²) in [6.07, 6.45) is 0. The molecule has 1 saturated heterocycles. The average molecular weight is 428 g/mol. The fraction of sp³-hybridized carbons (Fsp3) is 0.278. The predicted octanol–water partition coefficient (Wildman–Crippen LogP) is 1.97. The SMILES string of the molecule is COc1ccc(NC(=O)c2ccc(N)cc2)cc1S(=O)(=O)N1CCOCC1.Cl. The highest BCUT2D eigenvalue weighted by Crippen LogP contribution is 2.30. The number of carbonyl (C=O) groups excluding carboxylic acids is 1. The van der Waals surface area contributed by atoms with Gasteiger partial charge in [0.2, 0.25) is 10.0 Å². The molecule has 10 heteroatoms. The first-order valence-corrected chi connectivity index (χ1v) is 9.78. The van der Waals surface area contributed by atoms with Gasteiger partial charge in [0.05, 0.1) is 20.3 Å². The number of halogens is 1. The minimum Gasteiger partial charge on any atom is -0.495 e. The van der Waals surface area contributed by atoms with E-state index in [0.717, 1.165) is 0 Å². The second-order valence-electron chi connectivity index (χ2n) is 5.96. The summed E-state index contributed by atoms with van der Waals surface area (Å²) in [5.74, 6) is -0.151. The average Bonchev–Trinajstić information content (AvgIpc) is 2.69. The number of nitrogens with one attached hydrogen (secondary N) is 1. The van der Waals surface area contributed by atoms with Crippen molar-refractivity contribution in [3.8, 4) is 5.75 Å². The van der Waals surface area contributed by atoms with Crippen LogP contribution in [0.25, 0.3) is 0 Å². The zero-order valence-electron chi connectivity index (χ0n) is 15.3. The van der Waals surface area contributed by atoms with Crippen molar-refractivity contribution in [3.05, 3.63) is 48.0 Å². The zero-order chi connectivity index (χ0) is 19.4. The Labute approximate surface area is 170 Å². The zero-order valence-corrected chi connectivity index (χ0v) is 16.9. The number of nitrogen functional groups attached to an aromatic ring is 1. The first kappa shape index (κ1) is 22.0. The molecule has 2 aromatic carbocycles. The number of ether oxygens (including phenoxy) is 2. The van der Waals surface area contributed by atoms with Crippen LogP contribution in [0, 0.1) is 0 Å². The lowest BCUT2D eigenvalue weighted by Crippen LogP contribution is -2.40. The highest BCUT2D eigenvalue weighted by Gasteiger charge is 2.29. The third-order valence-corrected chi connectivity index (χ3v) is 6.10. The van der Waals surface area contributed by atoms with E-state index in [2.05, 4.69) is 5.32 Å². The molecule has 1 aliphatic heterocycles. The third-order valence-electron chi connectivity index (χ3n) is 4.18. The lowest BCUT2D eigenvalue weighted by atomic mass is 10.2. The quantitative estimate of drug-likeness (QED) is 0.706. The Morgan fingerprint density at radius 1 is 1.14 bits per heavy atom. The largest absolute Gasteiger partial charge is 0.495 e. The van der Waals surface area contributed by atoms with Crippen LogP contribution in [-0.4, -0.2) is 52.0 Å². The fourth-order valence-corrected chi connectivity index (χ4v) is 4.31. The number of carbonyl (C=O) groups is 1. The lowest BCUT2D eigenvalue weighted by Gasteiger charge is -2.26. The van der Waals surface area contributed by atoms with Crippen molar-refractivity contribution in [2.75, 3.05) is 44.5 Å². The van der Waals surface area contributed by atoms with Crippen molar-refractivity contribution in [2.24, 2.45) is 0 Å². The number of methoxy groups -OCH3 is 1. The number of anilines is 2. The second kappa shape index (κ2) is 9.24. The van der Waals surface area contributed by atoms with Crippen LogP contribution in [0.5, 0.6) is 5.75 Å². The van der Waals surface area contributed by atoms with Gasteiger partial charge in [-0.05, 0) is 42.5 Å². The normalized spacial score (nSPS) is 14.8. The molecule has 0 bridgehead atoms. The van der Waals surface area contributed by atoms with Crippen molar-refractivity contribution < 1.29 is 22.7 Å². The molecule has 1 fully saturated rings. The summed E-state index contributed by atoms with van der Waals surface area (Å²) in [6, 6.07) is 10.9. The maximum absolute atomic E-state index is 13.0. The Morgan fingerprint density at radius 3 is 2.39 bits per heavy atom. The Balaban J connectivity index is 0.00000280. The number of rotatable bonds is 5. The van der Waals surface area contributed by atoms with Crippen LogP contribution in [0.2, 0.25) is 0 Å². The molecule has 3 rings (SSSR count). The summed E-state index contributed by atoms with van der Waals surface area (Å²) >= 11 is 0. The Bertz CT molecular complexity index is 929. The molecule has 0 radical (unpaired) electrons. The topological polar surface area (TPSA) is 111 Å². The van der Waals surface area contributed by atoms with E-state index in [4.69, 9.17) is 15.2 Å². The molecule has 0 unspecified atom stereocenters. The Hall–Kier alpha value is -2.33. The van der Waals surface area contributed by atoms with Crippen molar-refractivity contribution >= 4 is 39.7 Å². The van der Waals surface area contributed by atoms with Crippen molar-refractivity contribution in [1.29, 1.82) is 0 Å². The Kier molecular flexibility index (Phi) is 7.25. The van der Waals surface area contributed by atoms with E-state index < -0.39 is 10.0 Å². The van der Waals surface area contributed by atoms with Crippen LogP contribution in [0.3, 0.4) is 0 Å². The number of benzene rings is 2. The number of amides is 1.